The number of esters is 1. The van der Waals surface area contributed by atoms with Gasteiger partial charge in [-0.05, 0) is 74.3 Å². The Hall–Kier alpha value is -1.42. The molecule has 0 aromatic rings. The Labute approximate surface area is 177 Å². The first kappa shape index (κ1) is 19.5. The van der Waals surface area contributed by atoms with Gasteiger partial charge in [0.05, 0.1) is 0 Å². The number of hydrogen-bond acceptors (Lipinski definition) is 4. The SMILES string of the molecule is CC(=O)O[C@@]1(C(C)=O)CC[C@H]2[C@@H]3C=C(Cl)C4=CC(=O)[C@@H]5C[C@H]5[C@]4(C)[C@@H]3CC[C@@]21C. The highest BCUT2D eigenvalue weighted by Crippen LogP contribution is 2.72. The molecule has 29 heavy (non-hydrogen) atoms. The monoisotopic (exact) mass is 416 g/mol. The largest absolute Gasteiger partial charge is 0.451 e. The van der Waals surface area contributed by atoms with Gasteiger partial charge in [-0.2, -0.15) is 0 Å². The predicted molar refractivity (Wildman–Crippen MR) is 109 cm³/mol. The number of carbonyl (C=O) groups excluding carboxylic acids is 3. The molecule has 0 aromatic carbocycles. The number of ketones is 2. The van der Waals surface area contributed by atoms with Crippen LogP contribution in [0.3, 0.4) is 0 Å². The van der Waals surface area contributed by atoms with Crippen LogP contribution in [0, 0.1) is 40.4 Å². The highest BCUT2D eigenvalue weighted by Gasteiger charge is 2.70. The molecule has 156 valence electrons. The Kier molecular flexibility index (Phi) is 3.93. The van der Waals surface area contributed by atoms with Crippen molar-refractivity contribution in [1.29, 1.82) is 0 Å². The van der Waals surface area contributed by atoms with Gasteiger partial charge < -0.3 is 4.74 Å². The maximum absolute atomic E-state index is 12.8. The van der Waals surface area contributed by atoms with Gasteiger partial charge in [-0.1, -0.05) is 31.5 Å². The number of Topliss-reactive ketones (excluding diaryl/α,β-unsaturated/α-hetero) is 1. The summed E-state index contributed by atoms with van der Waals surface area (Å²) in [5, 5.41) is 0.713. The fourth-order valence-electron chi connectivity index (χ4n) is 8.03. The average molecular weight is 417 g/mol. The quantitative estimate of drug-likeness (QED) is 0.617. The van der Waals surface area contributed by atoms with Crippen LogP contribution in [-0.2, 0) is 19.1 Å². The average Bonchev–Trinajstić information content (AvgIpc) is 3.39. The van der Waals surface area contributed by atoms with Crippen LogP contribution in [-0.4, -0.2) is 23.1 Å². The van der Waals surface area contributed by atoms with Crippen LogP contribution in [0.2, 0.25) is 0 Å². The van der Waals surface area contributed by atoms with E-state index >= 15 is 0 Å². The maximum atomic E-state index is 12.8. The van der Waals surface area contributed by atoms with E-state index in [4.69, 9.17) is 16.3 Å². The van der Waals surface area contributed by atoms with E-state index in [0.717, 1.165) is 31.3 Å². The highest BCUT2D eigenvalue weighted by atomic mass is 35.5. The van der Waals surface area contributed by atoms with Gasteiger partial charge in [-0.15, -0.1) is 0 Å². The molecule has 0 bridgehead atoms. The van der Waals surface area contributed by atoms with Crippen molar-refractivity contribution in [2.75, 3.05) is 0 Å². The summed E-state index contributed by atoms with van der Waals surface area (Å²) in [5.74, 6) is 1.27. The van der Waals surface area contributed by atoms with Crippen molar-refractivity contribution in [2.45, 2.75) is 65.4 Å². The molecule has 0 saturated heterocycles. The van der Waals surface area contributed by atoms with Gasteiger partial charge in [0.15, 0.2) is 17.2 Å². The van der Waals surface area contributed by atoms with E-state index in [1.807, 2.05) is 6.08 Å². The molecule has 0 aromatic heterocycles. The highest BCUT2D eigenvalue weighted by molar-refractivity contribution is 6.32. The number of halogens is 1. The van der Waals surface area contributed by atoms with Crippen LogP contribution >= 0.6 is 11.6 Å². The first-order valence-electron chi connectivity index (χ1n) is 10.9. The topological polar surface area (TPSA) is 60.4 Å². The summed E-state index contributed by atoms with van der Waals surface area (Å²) in [6.45, 7) is 7.42. The van der Waals surface area contributed by atoms with Gasteiger partial charge >= 0.3 is 5.97 Å². The van der Waals surface area contributed by atoms with Crippen molar-refractivity contribution in [3.05, 3.63) is 22.8 Å². The molecule has 3 saturated carbocycles. The molecule has 0 spiro atoms. The van der Waals surface area contributed by atoms with E-state index in [9.17, 15) is 14.4 Å². The van der Waals surface area contributed by atoms with Gasteiger partial charge in [0, 0.05) is 28.7 Å². The molecule has 5 aliphatic rings. The standard InChI is InChI=1S/C24H29ClO4/c1-12(26)24(29-13(2)27)8-6-16-14-10-20(25)19-11-21(28)15-9-18(15)23(19,4)17(14)5-7-22(16,24)3/h10-11,14-18H,5-9H2,1-4H3/t14-,15+,16-,17+,18+,22-,23-,24+/m0/s1. The lowest BCUT2D eigenvalue weighted by atomic mass is 9.47. The van der Waals surface area contributed by atoms with E-state index in [-0.39, 0.29) is 46.1 Å². The van der Waals surface area contributed by atoms with Crippen molar-refractivity contribution in [3.63, 3.8) is 0 Å². The minimum absolute atomic E-state index is 0.0423. The number of hydrogen-bond donors (Lipinski definition) is 0. The second-order valence-corrected chi connectivity index (χ2v) is 10.9. The van der Waals surface area contributed by atoms with E-state index in [1.165, 1.54) is 6.92 Å². The van der Waals surface area contributed by atoms with Gasteiger partial charge in [-0.3, -0.25) is 14.4 Å². The summed E-state index contributed by atoms with van der Waals surface area (Å²) in [6.07, 6.45) is 8.18. The molecule has 8 atom stereocenters. The third-order valence-corrected chi connectivity index (χ3v) is 9.83. The van der Waals surface area contributed by atoms with Gasteiger partial charge in [0.25, 0.3) is 0 Å². The van der Waals surface area contributed by atoms with Gasteiger partial charge in [0.2, 0.25) is 0 Å². The van der Waals surface area contributed by atoms with Crippen LogP contribution < -0.4 is 0 Å². The summed E-state index contributed by atoms with van der Waals surface area (Å²) < 4.78 is 5.82. The molecule has 0 unspecified atom stereocenters. The van der Waals surface area contributed by atoms with Crippen molar-refractivity contribution in [3.8, 4) is 0 Å². The Morgan fingerprint density at radius 1 is 1.10 bits per heavy atom. The lowest BCUT2D eigenvalue weighted by molar-refractivity contribution is -0.185. The molecule has 5 rings (SSSR count). The molecular weight excluding hydrogens is 388 g/mol. The normalized spacial score (nSPS) is 49.7. The first-order valence-corrected chi connectivity index (χ1v) is 11.3. The third kappa shape index (κ3) is 2.24. The Morgan fingerprint density at radius 2 is 1.79 bits per heavy atom. The predicted octanol–water partition coefficient (Wildman–Crippen LogP) is 4.61. The minimum atomic E-state index is -1.03. The van der Waals surface area contributed by atoms with Crippen LogP contribution in [0.1, 0.15) is 59.8 Å². The van der Waals surface area contributed by atoms with E-state index in [0.29, 0.717) is 23.3 Å². The van der Waals surface area contributed by atoms with Crippen LogP contribution in [0.5, 0.6) is 0 Å². The van der Waals surface area contributed by atoms with Crippen molar-refractivity contribution in [2.24, 2.45) is 40.4 Å². The summed E-state index contributed by atoms with van der Waals surface area (Å²) in [6, 6.07) is 0. The smallest absolute Gasteiger partial charge is 0.303 e. The molecule has 0 radical (unpaired) electrons. The summed E-state index contributed by atoms with van der Waals surface area (Å²) >= 11 is 6.79. The maximum Gasteiger partial charge on any atom is 0.303 e. The molecule has 0 aliphatic heterocycles. The Bertz CT molecular complexity index is 903. The molecule has 0 heterocycles. The second kappa shape index (κ2) is 5.84. The van der Waals surface area contributed by atoms with E-state index in [2.05, 4.69) is 19.9 Å². The van der Waals surface area contributed by atoms with Crippen LogP contribution in [0.25, 0.3) is 0 Å². The molecular formula is C24H29ClO4. The summed E-state index contributed by atoms with van der Waals surface area (Å²) in [4.78, 5) is 37.1. The Balaban J connectivity index is 1.60. The molecule has 0 N–H and O–H groups in total. The van der Waals surface area contributed by atoms with Gasteiger partial charge in [-0.25, -0.2) is 0 Å². The van der Waals surface area contributed by atoms with E-state index < -0.39 is 5.60 Å². The van der Waals surface area contributed by atoms with Crippen LogP contribution in [0.15, 0.2) is 22.8 Å². The lowest BCUT2D eigenvalue weighted by Gasteiger charge is -2.57. The van der Waals surface area contributed by atoms with Crippen molar-refractivity contribution in [1.82, 2.24) is 0 Å². The minimum Gasteiger partial charge on any atom is -0.451 e. The number of allylic oxidation sites excluding steroid dienone is 4. The molecule has 3 fully saturated rings. The van der Waals surface area contributed by atoms with E-state index in [1.54, 1.807) is 6.92 Å². The number of ether oxygens (including phenoxy) is 1. The fraction of sp³-hybridized carbons (Fsp3) is 0.708. The first-order chi connectivity index (χ1) is 13.6. The zero-order valence-corrected chi connectivity index (χ0v) is 18.3. The fourth-order valence-corrected chi connectivity index (χ4v) is 8.43. The molecule has 4 nitrogen and oxygen atoms in total. The molecule has 5 aliphatic carbocycles. The molecule has 5 heteroatoms. The van der Waals surface area contributed by atoms with Crippen molar-refractivity contribution < 1.29 is 19.1 Å². The van der Waals surface area contributed by atoms with Crippen LogP contribution in [0.4, 0.5) is 0 Å². The molecule has 0 amide bonds. The number of fused-ring (bicyclic) bond motifs is 7. The number of carbonyl (C=O) groups is 3. The summed E-state index contributed by atoms with van der Waals surface area (Å²) in [7, 11) is 0. The van der Waals surface area contributed by atoms with Crippen molar-refractivity contribution >= 4 is 29.1 Å². The summed E-state index contributed by atoms with van der Waals surface area (Å²) in [5.41, 5.74) is -0.455. The van der Waals surface area contributed by atoms with Gasteiger partial charge in [0.1, 0.15) is 0 Å². The number of rotatable bonds is 2. The zero-order valence-electron chi connectivity index (χ0n) is 17.6. The lowest BCUT2D eigenvalue weighted by Crippen LogP contribution is -2.58. The zero-order chi connectivity index (χ0) is 20.9. The third-order valence-electron chi connectivity index (χ3n) is 9.50. The Morgan fingerprint density at radius 3 is 2.45 bits per heavy atom. The second-order valence-electron chi connectivity index (χ2n) is 10.5.